The molecule has 0 radical (unpaired) electrons. The van der Waals surface area contributed by atoms with Gasteiger partial charge in [0.2, 0.25) is 0 Å². The fourth-order valence-corrected chi connectivity index (χ4v) is 4.10. The molecule has 2 aromatic rings. The molecule has 3 rings (SSSR count). The lowest BCUT2D eigenvalue weighted by Crippen LogP contribution is -2.16. The Morgan fingerprint density at radius 1 is 1.08 bits per heavy atom. The first kappa shape index (κ1) is 28.9. The Labute approximate surface area is 224 Å². The quantitative estimate of drug-likeness (QED) is 0.185. The van der Waals surface area contributed by atoms with Crippen molar-refractivity contribution in [3.8, 4) is 11.5 Å². The predicted octanol–water partition coefficient (Wildman–Crippen LogP) is 6.38. The van der Waals surface area contributed by atoms with E-state index < -0.39 is 18.5 Å². The zero-order valence-corrected chi connectivity index (χ0v) is 21.9. The molecule has 1 aromatic heterocycles. The van der Waals surface area contributed by atoms with Crippen LogP contribution in [0.5, 0.6) is 11.5 Å². The second kappa shape index (κ2) is 14.3. The summed E-state index contributed by atoms with van der Waals surface area (Å²) >= 11 is 12.7. The molecule has 37 heavy (non-hydrogen) atoms. The summed E-state index contributed by atoms with van der Waals surface area (Å²) in [7, 11) is 0. The molecule has 1 fully saturated rings. The highest BCUT2D eigenvalue weighted by Crippen LogP contribution is 2.37. The Kier molecular flexibility index (Phi) is 11.2. The van der Waals surface area contributed by atoms with Crippen molar-refractivity contribution in [1.82, 2.24) is 4.98 Å². The van der Waals surface area contributed by atoms with E-state index in [1.54, 1.807) is 12.1 Å². The van der Waals surface area contributed by atoms with E-state index in [9.17, 15) is 18.4 Å². The van der Waals surface area contributed by atoms with Gasteiger partial charge in [-0.2, -0.15) is 8.78 Å². The first-order chi connectivity index (χ1) is 17.7. The van der Waals surface area contributed by atoms with Gasteiger partial charge < -0.3 is 18.9 Å². The third kappa shape index (κ3) is 9.97. The molecule has 0 amide bonds. The number of esters is 2. The summed E-state index contributed by atoms with van der Waals surface area (Å²) in [5.74, 6) is -0.672. The van der Waals surface area contributed by atoms with Crippen LogP contribution in [0.3, 0.4) is 0 Å². The summed E-state index contributed by atoms with van der Waals surface area (Å²) in [5.41, 5.74) is 1.30. The van der Waals surface area contributed by atoms with Gasteiger partial charge in [0.1, 0.15) is 0 Å². The minimum Gasteiger partial charge on any atom is -0.489 e. The number of carbonyl (C=O) groups excluding carboxylic acids is 2. The van der Waals surface area contributed by atoms with Crippen LogP contribution in [0.25, 0.3) is 0 Å². The molecule has 0 aliphatic heterocycles. The SMILES string of the molecule is CC(=O)OCCCCC(=O)OC[C@@H](Cc1c(Cl)cncc1Cl)c1ccc(OC(F)F)c(OCC2CC2)c1. The van der Waals surface area contributed by atoms with Gasteiger partial charge in [-0.1, -0.05) is 29.3 Å². The van der Waals surface area contributed by atoms with E-state index in [-0.39, 0.29) is 37.1 Å². The summed E-state index contributed by atoms with van der Waals surface area (Å²) in [5, 5.41) is 0.717. The van der Waals surface area contributed by atoms with Gasteiger partial charge in [-0.3, -0.25) is 14.6 Å². The number of benzene rings is 1. The molecule has 1 aromatic carbocycles. The van der Waals surface area contributed by atoms with Crippen LogP contribution in [0.15, 0.2) is 30.6 Å². The minimum atomic E-state index is -3.00. The van der Waals surface area contributed by atoms with Gasteiger partial charge in [0.25, 0.3) is 0 Å². The van der Waals surface area contributed by atoms with E-state index in [2.05, 4.69) is 9.72 Å². The third-order valence-electron chi connectivity index (χ3n) is 5.76. The lowest BCUT2D eigenvalue weighted by atomic mass is 9.92. The van der Waals surface area contributed by atoms with E-state index in [0.29, 0.717) is 53.0 Å². The topological polar surface area (TPSA) is 84.0 Å². The molecule has 0 saturated heterocycles. The van der Waals surface area contributed by atoms with Gasteiger partial charge in [0, 0.05) is 31.7 Å². The van der Waals surface area contributed by atoms with Gasteiger partial charge in [0.05, 0.1) is 29.9 Å². The summed E-state index contributed by atoms with van der Waals surface area (Å²) in [6, 6.07) is 4.67. The number of alkyl halides is 2. The molecular formula is C26H29Cl2F2NO6. The van der Waals surface area contributed by atoms with Crippen LogP contribution in [0.4, 0.5) is 8.78 Å². The van der Waals surface area contributed by atoms with Crippen LogP contribution in [-0.4, -0.2) is 43.4 Å². The Morgan fingerprint density at radius 2 is 1.81 bits per heavy atom. The lowest BCUT2D eigenvalue weighted by Gasteiger charge is -2.21. The van der Waals surface area contributed by atoms with Gasteiger partial charge in [0.15, 0.2) is 11.5 Å². The molecule has 11 heteroatoms. The fraction of sp³-hybridized carbons (Fsp3) is 0.500. The monoisotopic (exact) mass is 559 g/mol. The van der Waals surface area contributed by atoms with E-state index in [1.807, 2.05) is 0 Å². The zero-order chi connectivity index (χ0) is 26.8. The second-order valence-corrected chi connectivity index (χ2v) is 9.62. The Bertz CT molecular complexity index is 1050. The number of pyridine rings is 1. The van der Waals surface area contributed by atoms with E-state index >= 15 is 0 Å². The number of halogens is 4. The molecule has 1 heterocycles. The van der Waals surface area contributed by atoms with Crippen molar-refractivity contribution in [2.24, 2.45) is 5.92 Å². The number of unbranched alkanes of at least 4 members (excludes halogenated alkanes) is 1. The standard InChI is InChI=1S/C26H29Cl2F2NO6/c1-16(32)34-9-3-2-4-25(33)36-15-19(10-20-21(27)12-31-13-22(20)28)18-7-8-23(37-26(29)30)24(11-18)35-14-17-5-6-17/h7-8,11-13,17,19,26H,2-6,9-10,14-15H2,1H3/t19-/m1/s1. The van der Waals surface area contributed by atoms with Crippen molar-refractivity contribution in [2.45, 2.75) is 58.0 Å². The molecule has 1 atom stereocenters. The average Bonchev–Trinajstić information content (AvgIpc) is 3.67. The first-order valence-electron chi connectivity index (χ1n) is 12.0. The van der Waals surface area contributed by atoms with Crippen LogP contribution in [0, 0.1) is 5.92 Å². The van der Waals surface area contributed by atoms with Crippen LogP contribution < -0.4 is 9.47 Å². The number of hydrogen-bond donors (Lipinski definition) is 0. The van der Waals surface area contributed by atoms with E-state index in [4.69, 9.17) is 37.4 Å². The molecule has 202 valence electrons. The Morgan fingerprint density at radius 3 is 2.46 bits per heavy atom. The van der Waals surface area contributed by atoms with E-state index in [1.165, 1.54) is 25.4 Å². The Balaban J connectivity index is 1.75. The molecule has 1 aliphatic rings. The number of nitrogens with zero attached hydrogens (tertiary/aromatic N) is 1. The maximum atomic E-state index is 13.0. The maximum Gasteiger partial charge on any atom is 0.387 e. The van der Waals surface area contributed by atoms with Crippen molar-refractivity contribution in [3.05, 3.63) is 51.8 Å². The summed E-state index contributed by atoms with van der Waals surface area (Å²) in [6.45, 7) is -1.04. The molecule has 0 spiro atoms. The number of hydrogen-bond acceptors (Lipinski definition) is 7. The van der Waals surface area contributed by atoms with Crippen LogP contribution >= 0.6 is 23.2 Å². The molecule has 7 nitrogen and oxygen atoms in total. The number of ether oxygens (including phenoxy) is 4. The molecule has 1 saturated carbocycles. The molecule has 1 aliphatic carbocycles. The average molecular weight is 560 g/mol. The number of aromatic nitrogens is 1. The number of carbonyl (C=O) groups is 2. The van der Waals surface area contributed by atoms with Gasteiger partial charge >= 0.3 is 18.6 Å². The van der Waals surface area contributed by atoms with Gasteiger partial charge in [-0.25, -0.2) is 0 Å². The second-order valence-electron chi connectivity index (χ2n) is 8.80. The fourth-order valence-electron chi connectivity index (χ4n) is 3.58. The Hall–Kier alpha value is -2.65. The summed E-state index contributed by atoms with van der Waals surface area (Å²) in [4.78, 5) is 27.2. The van der Waals surface area contributed by atoms with Gasteiger partial charge in [-0.05, 0) is 61.3 Å². The number of rotatable bonds is 15. The molecule has 0 unspecified atom stereocenters. The highest BCUT2D eigenvalue weighted by atomic mass is 35.5. The normalized spacial score (nSPS) is 13.8. The molecular weight excluding hydrogens is 531 g/mol. The van der Waals surface area contributed by atoms with Crippen LogP contribution in [-0.2, 0) is 25.5 Å². The summed E-state index contributed by atoms with van der Waals surface area (Å²) < 4.78 is 46.8. The third-order valence-corrected chi connectivity index (χ3v) is 6.41. The van der Waals surface area contributed by atoms with Crippen molar-refractivity contribution in [3.63, 3.8) is 0 Å². The van der Waals surface area contributed by atoms with Crippen molar-refractivity contribution < 1.29 is 37.3 Å². The van der Waals surface area contributed by atoms with Crippen LogP contribution in [0.1, 0.15) is 56.1 Å². The van der Waals surface area contributed by atoms with Crippen molar-refractivity contribution in [2.75, 3.05) is 19.8 Å². The van der Waals surface area contributed by atoms with E-state index in [0.717, 1.165) is 12.8 Å². The molecule has 0 bridgehead atoms. The minimum absolute atomic E-state index is 0.00508. The zero-order valence-electron chi connectivity index (χ0n) is 20.4. The maximum absolute atomic E-state index is 13.0. The van der Waals surface area contributed by atoms with Crippen LogP contribution in [0.2, 0.25) is 10.0 Å². The predicted molar refractivity (Wildman–Crippen MR) is 133 cm³/mol. The summed E-state index contributed by atoms with van der Waals surface area (Å²) in [6.07, 6.45) is 6.49. The van der Waals surface area contributed by atoms with Gasteiger partial charge in [-0.15, -0.1) is 0 Å². The smallest absolute Gasteiger partial charge is 0.387 e. The lowest BCUT2D eigenvalue weighted by molar-refractivity contribution is -0.144. The first-order valence-corrected chi connectivity index (χ1v) is 12.8. The highest BCUT2D eigenvalue weighted by molar-refractivity contribution is 6.35. The molecule has 0 N–H and O–H groups in total. The largest absolute Gasteiger partial charge is 0.489 e. The highest BCUT2D eigenvalue weighted by Gasteiger charge is 2.25. The van der Waals surface area contributed by atoms with Crippen molar-refractivity contribution in [1.29, 1.82) is 0 Å². The van der Waals surface area contributed by atoms with Crippen molar-refractivity contribution >= 4 is 35.1 Å².